The number of aryl methyl sites for hydroxylation is 1. The van der Waals surface area contributed by atoms with Crippen LogP contribution in [0.5, 0.6) is 0 Å². The molecular formula is C22H21BrN4O2. The Morgan fingerprint density at radius 2 is 2.00 bits per heavy atom. The van der Waals surface area contributed by atoms with Gasteiger partial charge in [0, 0.05) is 33.9 Å². The van der Waals surface area contributed by atoms with Crippen molar-refractivity contribution in [3.63, 3.8) is 0 Å². The molecule has 1 saturated carbocycles. The monoisotopic (exact) mass is 452 g/mol. The van der Waals surface area contributed by atoms with Crippen LogP contribution in [0, 0.1) is 0 Å². The smallest absolute Gasteiger partial charge is 0.337 e. The molecule has 4 N–H and O–H groups in total. The number of rotatable bonds is 4. The van der Waals surface area contributed by atoms with Crippen LogP contribution in [0.1, 0.15) is 46.4 Å². The van der Waals surface area contributed by atoms with Crippen molar-refractivity contribution in [1.29, 1.82) is 0 Å². The van der Waals surface area contributed by atoms with Crippen LogP contribution >= 0.6 is 15.9 Å². The van der Waals surface area contributed by atoms with Crippen molar-refractivity contribution in [2.75, 3.05) is 0 Å². The van der Waals surface area contributed by atoms with E-state index >= 15 is 0 Å². The van der Waals surface area contributed by atoms with Gasteiger partial charge in [0.05, 0.1) is 17.0 Å². The van der Waals surface area contributed by atoms with E-state index in [-0.39, 0.29) is 5.54 Å². The molecule has 0 unspecified atom stereocenters. The summed E-state index contributed by atoms with van der Waals surface area (Å²) in [6.07, 6.45) is 6.78. The van der Waals surface area contributed by atoms with Crippen LogP contribution in [0.15, 0.2) is 34.9 Å². The topological polar surface area (TPSA) is 105 Å². The van der Waals surface area contributed by atoms with E-state index in [1.54, 1.807) is 0 Å². The number of hydrogen-bond acceptors (Lipinski definition) is 4. The van der Waals surface area contributed by atoms with Crippen LogP contribution < -0.4 is 5.73 Å². The lowest BCUT2D eigenvalue weighted by atomic mass is 9.74. The second-order valence-electron chi connectivity index (χ2n) is 8.10. The number of fused-ring (bicyclic) bond motifs is 3. The Labute approximate surface area is 176 Å². The number of aromatic amines is 1. The Hall–Kier alpha value is -2.51. The number of hydrogen-bond donors (Lipinski definition) is 3. The first-order valence-electron chi connectivity index (χ1n) is 9.82. The number of halogens is 1. The molecule has 2 heterocycles. The lowest BCUT2D eigenvalue weighted by Gasteiger charge is -2.38. The molecule has 0 spiro atoms. The minimum absolute atomic E-state index is 0.297. The second kappa shape index (κ2) is 6.78. The molecule has 2 aliphatic carbocycles. The van der Waals surface area contributed by atoms with E-state index < -0.39 is 5.97 Å². The summed E-state index contributed by atoms with van der Waals surface area (Å²) in [5, 5.41) is 9.91. The number of nitrogens with one attached hydrogen (secondary N) is 1. The molecule has 5 rings (SSSR count). The van der Waals surface area contributed by atoms with Crippen LogP contribution in [0.2, 0.25) is 0 Å². The third-order valence-corrected chi connectivity index (χ3v) is 6.65. The van der Waals surface area contributed by atoms with Crippen LogP contribution in [0.4, 0.5) is 0 Å². The van der Waals surface area contributed by atoms with Crippen molar-refractivity contribution in [2.24, 2.45) is 5.73 Å². The van der Waals surface area contributed by atoms with Crippen LogP contribution in [-0.4, -0.2) is 31.6 Å². The van der Waals surface area contributed by atoms with E-state index in [9.17, 15) is 9.90 Å². The zero-order valence-electron chi connectivity index (χ0n) is 15.8. The number of H-pyrrole nitrogens is 1. The third-order valence-electron chi connectivity index (χ3n) is 6.12. The minimum atomic E-state index is -0.897. The van der Waals surface area contributed by atoms with Crippen LogP contribution in [-0.2, 0) is 19.3 Å². The molecule has 2 aromatic heterocycles. The van der Waals surface area contributed by atoms with Gasteiger partial charge in [0.25, 0.3) is 0 Å². The molecule has 1 aromatic carbocycles. The van der Waals surface area contributed by atoms with Crippen molar-refractivity contribution < 1.29 is 9.90 Å². The van der Waals surface area contributed by atoms with Gasteiger partial charge in [-0.05, 0) is 55.4 Å². The van der Waals surface area contributed by atoms with E-state index in [2.05, 4.69) is 25.9 Å². The zero-order chi connectivity index (χ0) is 20.2. The van der Waals surface area contributed by atoms with Gasteiger partial charge >= 0.3 is 5.97 Å². The van der Waals surface area contributed by atoms with Gasteiger partial charge in [0.15, 0.2) is 5.82 Å². The molecule has 0 amide bonds. The van der Waals surface area contributed by atoms with Gasteiger partial charge in [-0.25, -0.2) is 14.8 Å². The first kappa shape index (κ1) is 18.5. The third kappa shape index (κ3) is 3.18. The summed E-state index contributed by atoms with van der Waals surface area (Å²) < 4.78 is 0.994. The number of nitrogens with zero attached hydrogens (tertiary/aromatic N) is 2. The fourth-order valence-electron chi connectivity index (χ4n) is 4.40. The number of aromatic carboxylic acids is 1. The Bertz CT molecular complexity index is 1120. The van der Waals surface area contributed by atoms with Crippen molar-refractivity contribution in [3.05, 3.63) is 57.3 Å². The highest BCUT2D eigenvalue weighted by atomic mass is 79.9. The molecule has 0 radical (unpaired) electrons. The van der Waals surface area contributed by atoms with Gasteiger partial charge in [0.2, 0.25) is 0 Å². The predicted molar refractivity (Wildman–Crippen MR) is 114 cm³/mol. The van der Waals surface area contributed by atoms with Gasteiger partial charge < -0.3 is 15.8 Å². The highest BCUT2D eigenvalue weighted by molar-refractivity contribution is 9.10. The quantitative estimate of drug-likeness (QED) is 0.551. The Morgan fingerprint density at radius 3 is 2.66 bits per heavy atom. The normalized spacial score (nSPS) is 16.6. The molecule has 3 aromatic rings. The summed E-state index contributed by atoms with van der Waals surface area (Å²) in [7, 11) is 0. The first-order chi connectivity index (χ1) is 13.9. The van der Waals surface area contributed by atoms with E-state index in [0.717, 1.165) is 63.9 Å². The minimum Gasteiger partial charge on any atom is -0.478 e. The summed E-state index contributed by atoms with van der Waals surface area (Å²) in [6.45, 7) is 0. The summed E-state index contributed by atoms with van der Waals surface area (Å²) >= 11 is 3.45. The average Bonchev–Trinajstić information content (AvgIpc) is 3.05. The van der Waals surface area contributed by atoms with Gasteiger partial charge in [0.1, 0.15) is 0 Å². The first-order valence-corrected chi connectivity index (χ1v) is 10.6. The summed E-state index contributed by atoms with van der Waals surface area (Å²) in [6, 6.07) is 7.84. The number of nitrogens with two attached hydrogens (primary N) is 1. The van der Waals surface area contributed by atoms with Crippen molar-refractivity contribution in [2.45, 2.75) is 44.1 Å². The molecule has 0 aliphatic heterocycles. The molecule has 29 heavy (non-hydrogen) atoms. The maximum atomic E-state index is 12.1. The Morgan fingerprint density at radius 1 is 1.24 bits per heavy atom. The number of benzene rings is 1. The second-order valence-corrected chi connectivity index (χ2v) is 9.02. The zero-order valence-corrected chi connectivity index (χ0v) is 17.4. The van der Waals surface area contributed by atoms with Gasteiger partial charge in [-0.3, -0.25) is 0 Å². The fraction of sp³-hybridized carbons (Fsp3) is 0.318. The fourth-order valence-corrected chi connectivity index (χ4v) is 4.67. The van der Waals surface area contributed by atoms with E-state index in [4.69, 9.17) is 10.7 Å². The lowest BCUT2D eigenvalue weighted by Crippen LogP contribution is -2.48. The van der Waals surface area contributed by atoms with Crippen molar-refractivity contribution >= 4 is 21.9 Å². The molecule has 6 nitrogen and oxygen atoms in total. The van der Waals surface area contributed by atoms with Crippen molar-refractivity contribution in [3.8, 4) is 22.8 Å². The average molecular weight is 453 g/mol. The van der Waals surface area contributed by atoms with E-state index in [1.807, 2.05) is 30.5 Å². The molecule has 2 aliphatic rings. The number of carboxylic acids is 1. The van der Waals surface area contributed by atoms with Gasteiger partial charge in [-0.1, -0.05) is 28.1 Å². The van der Waals surface area contributed by atoms with Gasteiger partial charge in [-0.15, -0.1) is 0 Å². The lowest BCUT2D eigenvalue weighted by molar-refractivity contribution is 0.0694. The summed E-state index contributed by atoms with van der Waals surface area (Å²) in [4.78, 5) is 24.8. The summed E-state index contributed by atoms with van der Waals surface area (Å²) in [5.41, 5.74) is 11.6. The molecular weight excluding hydrogens is 432 g/mol. The Kier molecular flexibility index (Phi) is 4.33. The number of carboxylic acid groups (broad SMARTS) is 1. The molecule has 0 bridgehead atoms. The SMILES string of the molecule is NC1(Cc2[nH]c3c(c2C(=O)O)CCc2cnc(-c4ccc(Br)cc4)nc2-3)CCC1. The van der Waals surface area contributed by atoms with E-state index in [0.29, 0.717) is 24.2 Å². The molecule has 1 fully saturated rings. The summed E-state index contributed by atoms with van der Waals surface area (Å²) in [5.74, 6) is -0.266. The number of aromatic nitrogens is 3. The predicted octanol–water partition coefficient (Wildman–Crippen LogP) is 4.12. The standard InChI is InChI=1S/C22H21BrN4O2/c23-14-5-2-12(3-6-14)20-25-11-13-4-7-15-17(21(28)29)16(10-22(24)8-1-9-22)26-19(15)18(13)27-20/h2-3,5-6,11,26H,1,4,7-10,24H2,(H,28,29). The maximum Gasteiger partial charge on any atom is 0.337 e. The highest BCUT2D eigenvalue weighted by Crippen LogP contribution is 2.39. The maximum absolute atomic E-state index is 12.1. The molecule has 148 valence electrons. The molecule has 0 saturated heterocycles. The Balaban J connectivity index is 1.61. The van der Waals surface area contributed by atoms with Gasteiger partial charge in [-0.2, -0.15) is 0 Å². The van der Waals surface area contributed by atoms with E-state index in [1.165, 1.54) is 0 Å². The largest absolute Gasteiger partial charge is 0.478 e. The molecule has 7 heteroatoms. The van der Waals surface area contributed by atoms with Crippen LogP contribution in [0.3, 0.4) is 0 Å². The highest BCUT2D eigenvalue weighted by Gasteiger charge is 2.36. The van der Waals surface area contributed by atoms with Crippen LogP contribution in [0.25, 0.3) is 22.8 Å². The molecule has 0 atom stereocenters. The number of carbonyl (C=O) groups is 1. The van der Waals surface area contributed by atoms with Crippen molar-refractivity contribution in [1.82, 2.24) is 15.0 Å².